The molecule has 0 amide bonds. The highest BCUT2D eigenvalue weighted by Crippen LogP contribution is 2.45. The lowest BCUT2D eigenvalue weighted by molar-refractivity contribution is -0.161. The first kappa shape index (κ1) is 101. The number of rotatable bonds is 75. The zero-order valence-corrected chi connectivity index (χ0v) is 67.8. The van der Waals surface area contributed by atoms with Gasteiger partial charge in [0, 0.05) is 25.7 Å². The van der Waals surface area contributed by atoms with Crippen LogP contribution in [0.5, 0.6) is 0 Å². The second-order valence-electron chi connectivity index (χ2n) is 26.6. The van der Waals surface area contributed by atoms with Crippen molar-refractivity contribution in [1.82, 2.24) is 0 Å². The van der Waals surface area contributed by atoms with Crippen molar-refractivity contribution >= 4 is 39.5 Å². The highest BCUT2D eigenvalue weighted by molar-refractivity contribution is 7.47. The number of aliphatic hydroxyl groups excluding tert-OH is 1. The Hall–Kier alpha value is -5.32. The summed E-state index contributed by atoms with van der Waals surface area (Å²) in [6.07, 6.45) is 90.8. The SMILES string of the molecule is CC/C=C\C/C=C\C/C=C\C/C=C\C/C=C\CCCC(=O)OCC(COP(=O)(O)OCC(O)COP(=O)(O)OCC(COC(=O)CCCCCCCC/C=C\C/C=C\C/C=C\CCCCC)OC(=O)CCCCCCC/C=C\C/C=C\CCC)OC(=O)CCCCCCCCC/C=C\C/C=C\C/C=C\CC. The highest BCUT2D eigenvalue weighted by atomic mass is 31.2. The Morgan fingerprint density at radius 3 is 0.830 bits per heavy atom. The summed E-state index contributed by atoms with van der Waals surface area (Å²) in [5, 5.41) is 10.7. The molecule has 0 aliphatic heterocycles. The fraction of sp³-hybridized carbons (Fsp3) is 0.655. The Labute approximate surface area is 642 Å². The van der Waals surface area contributed by atoms with E-state index < -0.39 is 97.5 Å². The molecule has 19 heteroatoms. The Kier molecular flexibility index (Phi) is 73.9. The lowest BCUT2D eigenvalue weighted by Gasteiger charge is -2.21. The highest BCUT2D eigenvalue weighted by Gasteiger charge is 2.30. The van der Waals surface area contributed by atoms with E-state index in [0.29, 0.717) is 32.1 Å². The van der Waals surface area contributed by atoms with E-state index in [1.165, 1.54) is 19.3 Å². The van der Waals surface area contributed by atoms with Crippen LogP contribution in [0.25, 0.3) is 0 Å². The van der Waals surface area contributed by atoms with Crippen LogP contribution in [0.3, 0.4) is 0 Å². The molecule has 0 saturated carbocycles. The van der Waals surface area contributed by atoms with Crippen molar-refractivity contribution in [3.8, 4) is 0 Å². The van der Waals surface area contributed by atoms with Crippen molar-refractivity contribution < 1.29 is 80.2 Å². The fourth-order valence-corrected chi connectivity index (χ4v) is 11.9. The molecule has 0 aliphatic carbocycles. The van der Waals surface area contributed by atoms with Crippen LogP contribution in [0.2, 0.25) is 0 Å². The average molecular weight is 1520 g/mol. The van der Waals surface area contributed by atoms with Gasteiger partial charge < -0.3 is 33.8 Å². The quantitative estimate of drug-likeness (QED) is 0.0169. The van der Waals surface area contributed by atoms with Gasteiger partial charge in [0.05, 0.1) is 26.4 Å². The second kappa shape index (κ2) is 77.8. The number of carbonyl (C=O) groups excluding carboxylic acids is 4. The molecule has 604 valence electrons. The maximum Gasteiger partial charge on any atom is 0.472 e. The molecule has 0 rings (SSSR count). The summed E-state index contributed by atoms with van der Waals surface area (Å²) in [5.74, 6) is -2.29. The Morgan fingerprint density at radius 1 is 0.274 bits per heavy atom. The van der Waals surface area contributed by atoms with E-state index in [0.717, 1.165) is 205 Å². The molecule has 0 fully saturated rings. The zero-order valence-electron chi connectivity index (χ0n) is 66.1. The van der Waals surface area contributed by atoms with Gasteiger partial charge in [-0.1, -0.05) is 282 Å². The first-order valence-electron chi connectivity index (χ1n) is 40.7. The number of hydrogen-bond donors (Lipinski definition) is 3. The van der Waals surface area contributed by atoms with Gasteiger partial charge in [-0.25, -0.2) is 9.13 Å². The standard InChI is InChI=1S/C87H144O17P2/c1-5-9-13-17-21-25-29-33-36-39-40-43-45-49-52-56-60-64-68-72-85(90)97-77-82(103-86(91)73-69-65-61-57-53-47-32-28-24-20-16-12-8-4)79-101-105(93,94)99-75-81(88)76-100-106(95,96)102-80-83(104-87(92)74-70-66-62-58-54-50-46-42-38-35-31-27-23-19-15-11-7-3)78-98-84(89)71-67-63-59-55-51-48-44-41-37-34-30-26-22-18-14-10-6-2/h10-11,14-16,20-23,25-28,32-38,40,43-44,48,55,59,81-83,88H,5-9,12-13,17-19,24,29-31,39,41-42,45-47,49-54,56-58,60-80H2,1-4H3,(H,93,94)(H,95,96)/b14-10-,15-11-,20-16-,25-21-,26-22-,27-23-,32-28-,36-33-,37-34-,38-35-,43-40-,48-44-,59-55-. The molecule has 0 aliphatic rings. The summed E-state index contributed by atoms with van der Waals surface area (Å²) < 4.78 is 68.6. The third-order valence-electron chi connectivity index (χ3n) is 16.4. The van der Waals surface area contributed by atoms with Crippen LogP contribution in [0.1, 0.15) is 310 Å². The summed E-state index contributed by atoms with van der Waals surface area (Å²) in [6.45, 7) is 4.46. The van der Waals surface area contributed by atoms with Crippen molar-refractivity contribution in [3.63, 3.8) is 0 Å². The molecule has 106 heavy (non-hydrogen) atoms. The minimum absolute atomic E-state index is 0.0660. The molecule has 0 saturated heterocycles. The summed E-state index contributed by atoms with van der Waals surface area (Å²) in [6, 6.07) is 0. The number of phosphoric ester groups is 2. The topological polar surface area (TPSA) is 237 Å². The normalized spacial score (nSPS) is 14.7. The molecule has 5 unspecified atom stereocenters. The summed E-state index contributed by atoms with van der Waals surface area (Å²) >= 11 is 0. The van der Waals surface area contributed by atoms with Crippen LogP contribution >= 0.6 is 15.6 Å². The van der Waals surface area contributed by atoms with E-state index >= 15 is 0 Å². The minimum Gasteiger partial charge on any atom is -0.462 e. The molecular formula is C87H144O17P2. The molecule has 5 atom stereocenters. The van der Waals surface area contributed by atoms with Crippen molar-refractivity contribution in [2.24, 2.45) is 0 Å². The van der Waals surface area contributed by atoms with E-state index in [4.69, 9.17) is 37.0 Å². The first-order chi connectivity index (χ1) is 51.7. The molecule has 17 nitrogen and oxygen atoms in total. The number of allylic oxidation sites excluding steroid dienone is 26. The van der Waals surface area contributed by atoms with E-state index in [1.54, 1.807) is 0 Å². The molecule has 0 radical (unpaired) electrons. The van der Waals surface area contributed by atoms with Crippen molar-refractivity contribution in [2.45, 2.75) is 329 Å². The third kappa shape index (κ3) is 76.9. The predicted molar refractivity (Wildman–Crippen MR) is 436 cm³/mol. The molecule has 0 aromatic heterocycles. The van der Waals surface area contributed by atoms with Gasteiger partial charge >= 0.3 is 39.5 Å². The monoisotopic (exact) mass is 1520 g/mol. The van der Waals surface area contributed by atoms with E-state index in [1.807, 2.05) is 12.2 Å². The maximum absolute atomic E-state index is 13.1. The van der Waals surface area contributed by atoms with Gasteiger partial charge in [-0.3, -0.25) is 37.3 Å². The van der Waals surface area contributed by atoms with E-state index in [9.17, 15) is 43.2 Å². The number of ether oxygens (including phenoxy) is 4. The molecule has 0 bridgehead atoms. The predicted octanol–water partition coefficient (Wildman–Crippen LogP) is 24.0. The molecular weight excluding hydrogens is 1380 g/mol. The van der Waals surface area contributed by atoms with E-state index in [-0.39, 0.29) is 25.7 Å². The molecule has 0 spiro atoms. The number of aliphatic hydroxyl groups is 1. The lowest BCUT2D eigenvalue weighted by Crippen LogP contribution is -2.30. The Balaban J connectivity index is 5.43. The molecule has 0 aromatic carbocycles. The van der Waals surface area contributed by atoms with Crippen LogP contribution in [-0.2, 0) is 65.4 Å². The maximum atomic E-state index is 13.1. The zero-order chi connectivity index (χ0) is 77.4. The van der Waals surface area contributed by atoms with Gasteiger partial charge in [0.2, 0.25) is 0 Å². The lowest BCUT2D eigenvalue weighted by atomic mass is 10.1. The van der Waals surface area contributed by atoms with Crippen molar-refractivity contribution in [1.29, 1.82) is 0 Å². The largest absolute Gasteiger partial charge is 0.472 e. The van der Waals surface area contributed by atoms with Crippen LogP contribution in [0, 0.1) is 0 Å². The van der Waals surface area contributed by atoms with Crippen molar-refractivity contribution in [2.75, 3.05) is 39.6 Å². The Morgan fingerprint density at radius 2 is 0.519 bits per heavy atom. The number of carbonyl (C=O) groups is 4. The van der Waals surface area contributed by atoms with Crippen LogP contribution in [0.4, 0.5) is 0 Å². The van der Waals surface area contributed by atoms with Gasteiger partial charge in [-0.15, -0.1) is 0 Å². The second-order valence-corrected chi connectivity index (χ2v) is 29.5. The summed E-state index contributed by atoms with van der Waals surface area (Å²) in [4.78, 5) is 73.1. The number of hydrogen-bond acceptors (Lipinski definition) is 15. The minimum atomic E-state index is -5.00. The molecule has 0 aromatic rings. The summed E-state index contributed by atoms with van der Waals surface area (Å²) in [7, 11) is -10.00. The number of unbranched alkanes of at least 4 members (excludes halogenated alkanes) is 23. The Bertz CT molecular complexity index is 2630. The van der Waals surface area contributed by atoms with Crippen molar-refractivity contribution in [3.05, 3.63) is 158 Å². The van der Waals surface area contributed by atoms with Gasteiger partial charge in [0.25, 0.3) is 0 Å². The molecule has 0 heterocycles. The van der Waals surface area contributed by atoms with Crippen LogP contribution < -0.4 is 0 Å². The van der Waals surface area contributed by atoms with Gasteiger partial charge in [-0.05, 0) is 161 Å². The first-order valence-corrected chi connectivity index (χ1v) is 43.7. The van der Waals surface area contributed by atoms with Crippen LogP contribution in [-0.4, -0.2) is 96.7 Å². The number of esters is 4. The number of phosphoric acid groups is 2. The van der Waals surface area contributed by atoms with E-state index in [2.05, 4.69) is 174 Å². The third-order valence-corrected chi connectivity index (χ3v) is 18.3. The molecule has 3 N–H and O–H groups in total. The van der Waals surface area contributed by atoms with Gasteiger partial charge in [0.15, 0.2) is 12.2 Å². The van der Waals surface area contributed by atoms with Gasteiger partial charge in [0.1, 0.15) is 19.3 Å². The summed E-state index contributed by atoms with van der Waals surface area (Å²) in [5.41, 5.74) is 0. The average Bonchev–Trinajstić information content (AvgIpc) is 0.902. The van der Waals surface area contributed by atoms with Crippen LogP contribution in [0.15, 0.2) is 158 Å². The van der Waals surface area contributed by atoms with Gasteiger partial charge in [-0.2, -0.15) is 0 Å². The fourth-order valence-electron chi connectivity index (χ4n) is 10.3. The smallest absolute Gasteiger partial charge is 0.462 e.